The van der Waals surface area contributed by atoms with Gasteiger partial charge in [0.05, 0.1) is 0 Å². The topological polar surface area (TPSA) is 65.8 Å². The molecule has 0 unspecified atom stereocenters. The lowest BCUT2D eigenvalue weighted by Crippen LogP contribution is -2.13. The van der Waals surface area contributed by atoms with E-state index < -0.39 is 11.7 Å². The molecule has 1 aromatic heterocycles. The number of hydrogen-bond acceptors (Lipinski definition) is 4. The lowest BCUT2D eigenvalue weighted by atomic mass is 10.1. The van der Waals surface area contributed by atoms with E-state index in [1.165, 1.54) is 35.7 Å². The van der Waals surface area contributed by atoms with Crippen molar-refractivity contribution in [2.75, 3.05) is 5.32 Å². The van der Waals surface area contributed by atoms with Crippen LogP contribution in [-0.2, 0) is 4.79 Å². The fourth-order valence-electron chi connectivity index (χ4n) is 1.37. The second-order valence-electron chi connectivity index (χ2n) is 3.63. The molecule has 0 saturated heterocycles. The molecule has 0 atom stereocenters. The third-order valence-electron chi connectivity index (χ3n) is 2.28. The highest BCUT2D eigenvalue weighted by atomic mass is 79.9. The Kier molecular flexibility index (Phi) is 4.61. The molecule has 4 nitrogen and oxygen atoms in total. The van der Waals surface area contributed by atoms with Gasteiger partial charge in [0, 0.05) is 21.6 Å². The van der Waals surface area contributed by atoms with Crippen molar-refractivity contribution in [1.82, 2.24) is 4.98 Å². The van der Waals surface area contributed by atoms with E-state index >= 15 is 0 Å². The average molecular weight is 352 g/mol. The average Bonchev–Trinajstić information content (AvgIpc) is 2.90. The largest absolute Gasteiger partial charge is 0.297 e. The molecule has 0 aliphatic carbocycles. The Morgan fingerprint density at radius 2 is 2.35 bits per heavy atom. The van der Waals surface area contributed by atoms with E-state index in [9.17, 15) is 9.18 Å². The number of benzene rings is 1. The number of halogens is 2. The normalized spacial score (nSPS) is 10.9. The summed E-state index contributed by atoms with van der Waals surface area (Å²) in [6, 6.07) is 6.12. The molecule has 100 valence electrons. The van der Waals surface area contributed by atoms with Gasteiger partial charge in [0.25, 0.3) is 5.91 Å². The number of thiazole rings is 1. The van der Waals surface area contributed by atoms with E-state index in [-0.39, 0.29) is 11.1 Å². The number of nitrogens with one attached hydrogen (secondary N) is 1. The summed E-state index contributed by atoms with van der Waals surface area (Å²) in [5, 5.41) is 13.6. The molecule has 20 heavy (non-hydrogen) atoms. The van der Waals surface area contributed by atoms with Crippen LogP contribution >= 0.6 is 27.3 Å². The Morgan fingerprint density at radius 3 is 2.95 bits per heavy atom. The molecular weight excluding hydrogens is 345 g/mol. The second-order valence-corrected chi connectivity index (χ2v) is 5.44. The van der Waals surface area contributed by atoms with Crippen molar-refractivity contribution in [3.05, 3.63) is 51.2 Å². The van der Waals surface area contributed by atoms with E-state index in [2.05, 4.69) is 26.2 Å². The molecule has 2 rings (SSSR count). The standard InChI is InChI=1S/C13H7BrFN3OS/c14-10-2-1-8(11(15)6-10)5-9(7-16)12(19)18-13-17-3-4-20-13/h1-6H,(H,17,18,19)/b9-5+. The van der Waals surface area contributed by atoms with Gasteiger partial charge in [-0.05, 0) is 18.2 Å². The molecule has 1 heterocycles. The van der Waals surface area contributed by atoms with Crippen LogP contribution in [0.25, 0.3) is 6.08 Å². The van der Waals surface area contributed by atoms with Crippen molar-refractivity contribution in [2.45, 2.75) is 0 Å². The Bertz CT molecular complexity index is 707. The molecule has 1 N–H and O–H groups in total. The van der Waals surface area contributed by atoms with Crippen LogP contribution in [0.15, 0.2) is 39.8 Å². The van der Waals surface area contributed by atoms with Crippen LogP contribution in [0.5, 0.6) is 0 Å². The van der Waals surface area contributed by atoms with Crippen LogP contribution in [0, 0.1) is 17.1 Å². The molecule has 0 aliphatic heterocycles. The minimum atomic E-state index is -0.621. The molecule has 0 saturated carbocycles. The van der Waals surface area contributed by atoms with E-state index in [0.29, 0.717) is 9.60 Å². The fourth-order valence-corrected chi connectivity index (χ4v) is 2.23. The number of carbonyl (C=O) groups excluding carboxylic acids is 1. The van der Waals surface area contributed by atoms with Crippen LogP contribution in [0.4, 0.5) is 9.52 Å². The maximum Gasteiger partial charge on any atom is 0.268 e. The van der Waals surface area contributed by atoms with Gasteiger partial charge in [0.15, 0.2) is 5.13 Å². The van der Waals surface area contributed by atoms with Crippen LogP contribution in [0.1, 0.15) is 5.56 Å². The number of aromatic nitrogens is 1. The molecule has 1 aromatic carbocycles. The first kappa shape index (κ1) is 14.4. The van der Waals surface area contributed by atoms with Crippen molar-refractivity contribution in [1.29, 1.82) is 5.26 Å². The number of nitrogens with zero attached hydrogens (tertiary/aromatic N) is 2. The van der Waals surface area contributed by atoms with E-state index in [4.69, 9.17) is 5.26 Å². The molecule has 1 amide bonds. The number of rotatable bonds is 3. The lowest BCUT2D eigenvalue weighted by molar-refractivity contribution is -0.112. The molecule has 0 fully saturated rings. The first-order chi connectivity index (χ1) is 9.60. The van der Waals surface area contributed by atoms with Gasteiger partial charge < -0.3 is 0 Å². The molecule has 7 heteroatoms. The quantitative estimate of drug-likeness (QED) is 0.678. The molecule has 0 radical (unpaired) electrons. The molecule has 2 aromatic rings. The Balaban J connectivity index is 2.25. The van der Waals surface area contributed by atoms with Gasteiger partial charge in [-0.25, -0.2) is 9.37 Å². The van der Waals surface area contributed by atoms with Crippen LogP contribution in [0.3, 0.4) is 0 Å². The number of anilines is 1. The summed E-state index contributed by atoms with van der Waals surface area (Å²) in [5.41, 5.74) is -0.0274. The third-order valence-corrected chi connectivity index (χ3v) is 3.46. The van der Waals surface area contributed by atoms with Gasteiger partial charge >= 0.3 is 0 Å². The van der Waals surface area contributed by atoms with Crippen LogP contribution in [-0.4, -0.2) is 10.9 Å². The summed E-state index contributed by atoms with van der Waals surface area (Å²) in [4.78, 5) is 15.7. The summed E-state index contributed by atoms with van der Waals surface area (Å²) in [6.07, 6.45) is 2.73. The zero-order valence-electron chi connectivity index (χ0n) is 9.93. The minimum Gasteiger partial charge on any atom is -0.297 e. The number of amides is 1. The predicted octanol–water partition coefficient (Wildman–Crippen LogP) is 3.59. The maximum absolute atomic E-state index is 13.7. The first-order valence-corrected chi connectivity index (χ1v) is 7.05. The van der Waals surface area contributed by atoms with E-state index in [0.717, 1.165) is 0 Å². The third kappa shape index (κ3) is 3.50. The molecule has 0 bridgehead atoms. The SMILES string of the molecule is N#C/C(=C\c1ccc(Br)cc1F)C(=O)Nc1nccs1. The highest BCUT2D eigenvalue weighted by molar-refractivity contribution is 9.10. The van der Waals surface area contributed by atoms with Crippen LogP contribution < -0.4 is 5.32 Å². The lowest BCUT2D eigenvalue weighted by Gasteiger charge is -2.01. The van der Waals surface area contributed by atoms with E-state index in [1.807, 2.05) is 0 Å². The Hall–Kier alpha value is -2.04. The van der Waals surface area contributed by atoms with Crippen molar-refractivity contribution in [3.63, 3.8) is 0 Å². The van der Waals surface area contributed by atoms with Crippen molar-refractivity contribution >= 4 is 44.4 Å². The number of carbonyl (C=O) groups is 1. The molecule has 0 spiro atoms. The van der Waals surface area contributed by atoms with Gasteiger partial charge in [-0.2, -0.15) is 5.26 Å². The van der Waals surface area contributed by atoms with Crippen molar-refractivity contribution < 1.29 is 9.18 Å². The first-order valence-electron chi connectivity index (χ1n) is 5.38. The zero-order chi connectivity index (χ0) is 14.5. The van der Waals surface area contributed by atoms with Gasteiger partial charge in [-0.15, -0.1) is 11.3 Å². The zero-order valence-corrected chi connectivity index (χ0v) is 12.3. The summed E-state index contributed by atoms with van der Waals surface area (Å²) in [5.74, 6) is -1.14. The fraction of sp³-hybridized carbons (Fsp3) is 0. The monoisotopic (exact) mass is 351 g/mol. The predicted molar refractivity (Wildman–Crippen MR) is 78.4 cm³/mol. The number of hydrogen-bond donors (Lipinski definition) is 1. The van der Waals surface area contributed by atoms with Gasteiger partial charge in [0.2, 0.25) is 0 Å². The maximum atomic E-state index is 13.7. The summed E-state index contributed by atoms with van der Waals surface area (Å²) >= 11 is 4.37. The van der Waals surface area contributed by atoms with Crippen molar-refractivity contribution in [2.24, 2.45) is 0 Å². The van der Waals surface area contributed by atoms with Crippen molar-refractivity contribution in [3.8, 4) is 6.07 Å². The summed E-state index contributed by atoms with van der Waals surface area (Å²) in [6.45, 7) is 0. The summed E-state index contributed by atoms with van der Waals surface area (Å²) < 4.78 is 14.2. The smallest absolute Gasteiger partial charge is 0.268 e. The van der Waals surface area contributed by atoms with E-state index in [1.54, 1.807) is 17.5 Å². The molecular formula is C13H7BrFN3OS. The van der Waals surface area contributed by atoms with Gasteiger partial charge in [-0.1, -0.05) is 22.0 Å². The number of nitriles is 1. The second kappa shape index (κ2) is 6.41. The molecule has 0 aliphatic rings. The Labute approximate surface area is 126 Å². The van der Waals surface area contributed by atoms with Gasteiger partial charge in [-0.3, -0.25) is 10.1 Å². The minimum absolute atomic E-state index is 0.166. The highest BCUT2D eigenvalue weighted by Gasteiger charge is 2.12. The highest BCUT2D eigenvalue weighted by Crippen LogP contribution is 2.18. The van der Waals surface area contributed by atoms with Crippen LogP contribution in [0.2, 0.25) is 0 Å². The van der Waals surface area contributed by atoms with Gasteiger partial charge in [0.1, 0.15) is 17.5 Å². The Morgan fingerprint density at radius 1 is 1.55 bits per heavy atom. The summed E-state index contributed by atoms with van der Waals surface area (Å²) in [7, 11) is 0.